The molecule has 136 valence electrons. The quantitative estimate of drug-likeness (QED) is 0.566. The molecule has 2 aromatic carbocycles. The lowest BCUT2D eigenvalue weighted by Gasteiger charge is -2.05. The van der Waals surface area contributed by atoms with Crippen molar-refractivity contribution >= 4 is 55.2 Å². The molecule has 2 aromatic heterocycles. The Kier molecular flexibility index (Phi) is 4.28. The van der Waals surface area contributed by atoms with E-state index in [-0.39, 0.29) is 11.8 Å². The zero-order valence-corrected chi connectivity index (χ0v) is 15.5. The van der Waals surface area contributed by atoms with Crippen molar-refractivity contribution in [3.05, 3.63) is 42.0 Å². The first kappa shape index (κ1) is 17.1. The number of amides is 2. The molecule has 0 aliphatic carbocycles. The standard InChI is InChI=1S/C18H16N6O2S/c1-3-24-15-7-4-11(8-14(15)22-23-24)17(26)20-12-5-6-13-16(9-12)27-18(21-13)19-10(2)25/h4-9H,3H2,1-2H3,(H,20,26)(H,19,21,25). The summed E-state index contributed by atoms with van der Waals surface area (Å²) in [5.74, 6) is -0.396. The van der Waals surface area contributed by atoms with Crippen LogP contribution in [0, 0.1) is 0 Å². The van der Waals surface area contributed by atoms with Crippen LogP contribution in [0.15, 0.2) is 36.4 Å². The van der Waals surface area contributed by atoms with Gasteiger partial charge in [0.2, 0.25) is 5.91 Å². The molecule has 8 nitrogen and oxygen atoms in total. The molecular formula is C18H16N6O2S. The monoisotopic (exact) mass is 380 g/mol. The Bertz CT molecular complexity index is 1180. The van der Waals surface area contributed by atoms with Crippen LogP contribution in [-0.2, 0) is 11.3 Å². The molecule has 0 saturated heterocycles. The molecule has 4 rings (SSSR count). The Balaban J connectivity index is 1.57. The summed E-state index contributed by atoms with van der Waals surface area (Å²) < 4.78 is 2.65. The third-order valence-electron chi connectivity index (χ3n) is 4.00. The summed E-state index contributed by atoms with van der Waals surface area (Å²) in [5.41, 5.74) is 3.50. The Hall–Kier alpha value is -3.33. The molecule has 0 unspecified atom stereocenters. The van der Waals surface area contributed by atoms with Crippen LogP contribution in [0.25, 0.3) is 21.3 Å². The van der Waals surface area contributed by atoms with Crippen LogP contribution in [0.1, 0.15) is 24.2 Å². The molecule has 2 amide bonds. The molecule has 0 aliphatic rings. The molecule has 0 fully saturated rings. The van der Waals surface area contributed by atoms with E-state index >= 15 is 0 Å². The Labute approximate surface area is 158 Å². The molecule has 0 radical (unpaired) electrons. The summed E-state index contributed by atoms with van der Waals surface area (Å²) in [6, 6.07) is 10.8. The van der Waals surface area contributed by atoms with Crippen molar-refractivity contribution in [2.45, 2.75) is 20.4 Å². The van der Waals surface area contributed by atoms with E-state index in [1.165, 1.54) is 18.3 Å². The summed E-state index contributed by atoms with van der Waals surface area (Å²) in [5, 5.41) is 14.2. The van der Waals surface area contributed by atoms with Crippen LogP contribution in [0.5, 0.6) is 0 Å². The van der Waals surface area contributed by atoms with E-state index in [4.69, 9.17) is 0 Å². The molecule has 9 heteroatoms. The van der Waals surface area contributed by atoms with Gasteiger partial charge in [-0.1, -0.05) is 16.6 Å². The smallest absolute Gasteiger partial charge is 0.255 e. The minimum atomic E-state index is -0.228. The van der Waals surface area contributed by atoms with Crippen LogP contribution in [-0.4, -0.2) is 31.8 Å². The lowest BCUT2D eigenvalue weighted by Crippen LogP contribution is -2.11. The van der Waals surface area contributed by atoms with Crippen molar-refractivity contribution < 1.29 is 9.59 Å². The first-order valence-electron chi connectivity index (χ1n) is 8.36. The van der Waals surface area contributed by atoms with Crippen molar-refractivity contribution in [1.82, 2.24) is 20.0 Å². The highest BCUT2D eigenvalue weighted by atomic mass is 32.1. The van der Waals surface area contributed by atoms with Crippen LogP contribution in [0.3, 0.4) is 0 Å². The Morgan fingerprint density at radius 2 is 1.96 bits per heavy atom. The van der Waals surface area contributed by atoms with Crippen molar-refractivity contribution in [3.63, 3.8) is 0 Å². The maximum atomic E-state index is 12.6. The SMILES string of the molecule is CCn1nnc2cc(C(=O)Nc3ccc4nc(NC(C)=O)sc4c3)ccc21. The number of benzene rings is 2. The number of aryl methyl sites for hydroxylation is 1. The normalized spacial score (nSPS) is 11.0. The molecule has 0 spiro atoms. The first-order chi connectivity index (χ1) is 13.0. The number of rotatable bonds is 4. The predicted molar refractivity (Wildman–Crippen MR) is 105 cm³/mol. The minimum Gasteiger partial charge on any atom is -0.322 e. The number of hydrogen-bond donors (Lipinski definition) is 2. The van der Waals surface area contributed by atoms with Gasteiger partial charge in [0.05, 0.1) is 15.7 Å². The highest BCUT2D eigenvalue weighted by Gasteiger charge is 2.11. The van der Waals surface area contributed by atoms with Gasteiger partial charge in [-0.3, -0.25) is 9.59 Å². The second-order valence-corrected chi connectivity index (χ2v) is 6.98. The number of aromatic nitrogens is 4. The number of carbonyl (C=O) groups is 2. The first-order valence-corrected chi connectivity index (χ1v) is 9.18. The largest absolute Gasteiger partial charge is 0.322 e. The third-order valence-corrected chi connectivity index (χ3v) is 4.94. The molecule has 2 heterocycles. The average molecular weight is 380 g/mol. The Morgan fingerprint density at radius 3 is 2.74 bits per heavy atom. The number of nitrogens with one attached hydrogen (secondary N) is 2. The van der Waals surface area contributed by atoms with Gasteiger partial charge < -0.3 is 10.6 Å². The van der Waals surface area contributed by atoms with Crippen molar-refractivity contribution in [3.8, 4) is 0 Å². The van der Waals surface area contributed by atoms with Crippen molar-refractivity contribution in [2.75, 3.05) is 10.6 Å². The fourth-order valence-electron chi connectivity index (χ4n) is 2.76. The van der Waals surface area contributed by atoms with Crippen LogP contribution in [0.4, 0.5) is 10.8 Å². The number of fused-ring (bicyclic) bond motifs is 2. The third kappa shape index (κ3) is 3.36. The van der Waals surface area contributed by atoms with Crippen LogP contribution < -0.4 is 10.6 Å². The van der Waals surface area contributed by atoms with Crippen molar-refractivity contribution in [2.24, 2.45) is 0 Å². The molecule has 0 bridgehead atoms. The van der Waals surface area contributed by atoms with Crippen LogP contribution in [0.2, 0.25) is 0 Å². The lowest BCUT2D eigenvalue weighted by atomic mass is 10.2. The summed E-state index contributed by atoms with van der Waals surface area (Å²) in [4.78, 5) is 28.1. The fraction of sp³-hybridized carbons (Fsp3) is 0.167. The van der Waals surface area contributed by atoms with Gasteiger partial charge >= 0.3 is 0 Å². The van der Waals surface area contributed by atoms with E-state index in [1.807, 2.05) is 25.1 Å². The average Bonchev–Trinajstić information content (AvgIpc) is 3.22. The minimum absolute atomic E-state index is 0.169. The van der Waals surface area contributed by atoms with E-state index in [1.54, 1.807) is 22.9 Å². The number of anilines is 2. The molecule has 0 aliphatic heterocycles. The zero-order chi connectivity index (χ0) is 19.0. The second-order valence-electron chi connectivity index (χ2n) is 5.95. The summed E-state index contributed by atoms with van der Waals surface area (Å²) in [6.45, 7) is 4.15. The lowest BCUT2D eigenvalue weighted by molar-refractivity contribution is -0.114. The van der Waals surface area contributed by atoms with Gasteiger partial charge in [-0.25, -0.2) is 9.67 Å². The summed E-state index contributed by atoms with van der Waals surface area (Å²) in [7, 11) is 0. The second kappa shape index (κ2) is 6.76. The molecule has 4 aromatic rings. The Morgan fingerprint density at radius 1 is 1.11 bits per heavy atom. The van der Waals surface area contributed by atoms with Gasteiger partial charge in [0, 0.05) is 24.7 Å². The summed E-state index contributed by atoms with van der Waals surface area (Å²) >= 11 is 1.35. The summed E-state index contributed by atoms with van der Waals surface area (Å²) in [6.07, 6.45) is 0. The van der Waals surface area contributed by atoms with E-state index in [0.29, 0.717) is 21.9 Å². The molecule has 0 atom stereocenters. The maximum absolute atomic E-state index is 12.6. The van der Waals surface area contributed by atoms with Gasteiger partial charge in [0.1, 0.15) is 5.52 Å². The molecule has 0 saturated carbocycles. The van der Waals surface area contributed by atoms with Gasteiger partial charge in [-0.05, 0) is 43.3 Å². The molecule has 27 heavy (non-hydrogen) atoms. The highest BCUT2D eigenvalue weighted by molar-refractivity contribution is 7.22. The van der Waals surface area contributed by atoms with E-state index < -0.39 is 0 Å². The number of hydrogen-bond acceptors (Lipinski definition) is 6. The van der Waals surface area contributed by atoms with Crippen LogP contribution >= 0.6 is 11.3 Å². The van der Waals surface area contributed by atoms with Gasteiger partial charge in [0.25, 0.3) is 5.91 Å². The van der Waals surface area contributed by atoms with E-state index in [0.717, 1.165) is 22.3 Å². The maximum Gasteiger partial charge on any atom is 0.255 e. The number of thiazole rings is 1. The number of nitrogens with zero attached hydrogens (tertiary/aromatic N) is 4. The predicted octanol–water partition coefficient (Wildman–Crippen LogP) is 3.27. The van der Waals surface area contributed by atoms with Gasteiger partial charge in [0.15, 0.2) is 5.13 Å². The van der Waals surface area contributed by atoms with Gasteiger partial charge in [-0.15, -0.1) is 5.10 Å². The van der Waals surface area contributed by atoms with E-state index in [2.05, 4.69) is 25.9 Å². The van der Waals surface area contributed by atoms with Gasteiger partial charge in [-0.2, -0.15) is 0 Å². The number of carbonyl (C=O) groups excluding carboxylic acids is 2. The van der Waals surface area contributed by atoms with Crippen molar-refractivity contribution in [1.29, 1.82) is 0 Å². The molecular weight excluding hydrogens is 364 g/mol. The zero-order valence-electron chi connectivity index (χ0n) is 14.7. The van der Waals surface area contributed by atoms with E-state index in [9.17, 15) is 9.59 Å². The topological polar surface area (TPSA) is 102 Å². The molecule has 2 N–H and O–H groups in total. The fourth-order valence-corrected chi connectivity index (χ4v) is 3.71. The highest BCUT2D eigenvalue weighted by Crippen LogP contribution is 2.28.